The number of allylic oxidation sites excluding steroid dienone is 1. The zero-order chi connectivity index (χ0) is 12.6. The number of carbonyl (C=O) groups is 1. The van der Waals surface area contributed by atoms with Crippen LogP contribution in [0.2, 0.25) is 0 Å². The topological polar surface area (TPSA) is 46.5 Å². The second-order valence-electron chi connectivity index (χ2n) is 4.15. The van der Waals surface area contributed by atoms with Crippen LogP contribution in [0.4, 0.5) is 0 Å². The van der Waals surface area contributed by atoms with Gasteiger partial charge in [-0.05, 0) is 37.3 Å². The normalized spacial score (nSPS) is 13.6. The van der Waals surface area contributed by atoms with Crippen LogP contribution in [0, 0.1) is 0 Å². The standard InChI is InChI=1S/C14H14O3/c1-8(2)9-4-7-12(17-3)14-11(16)6-5-10(15)13(9)14/h4-7,15H,1-3H3. The third kappa shape index (κ3) is 1.73. The molecule has 0 atom stereocenters. The van der Waals surface area contributed by atoms with Crippen LogP contribution in [-0.2, 0) is 0 Å². The fourth-order valence-corrected chi connectivity index (χ4v) is 2.00. The predicted octanol–water partition coefficient (Wildman–Crippen LogP) is 1.30. The predicted molar refractivity (Wildman–Crippen MR) is 66.5 cm³/mol. The maximum absolute atomic E-state index is 11.9. The second-order valence-corrected chi connectivity index (χ2v) is 4.15. The van der Waals surface area contributed by atoms with E-state index in [1.165, 1.54) is 19.3 Å². The van der Waals surface area contributed by atoms with Crippen LogP contribution >= 0.6 is 0 Å². The van der Waals surface area contributed by atoms with E-state index in [1.54, 1.807) is 6.07 Å². The number of ketones is 1. The smallest absolute Gasteiger partial charge is 0.190 e. The molecule has 3 nitrogen and oxygen atoms in total. The van der Waals surface area contributed by atoms with Crippen molar-refractivity contribution in [2.45, 2.75) is 13.8 Å². The number of carbonyl (C=O) groups excluding carboxylic acids is 1. The van der Waals surface area contributed by atoms with Gasteiger partial charge in [-0.3, -0.25) is 4.79 Å². The lowest BCUT2D eigenvalue weighted by Crippen LogP contribution is -2.35. The molecule has 0 saturated carbocycles. The lowest BCUT2D eigenvalue weighted by molar-refractivity contribution is 0.104. The Labute approximate surface area is 99.3 Å². The minimum atomic E-state index is -0.141. The van der Waals surface area contributed by atoms with Crippen molar-refractivity contribution in [1.29, 1.82) is 0 Å². The zero-order valence-corrected chi connectivity index (χ0v) is 10.1. The molecule has 0 aliphatic heterocycles. The third-order valence-corrected chi connectivity index (χ3v) is 2.82. The summed E-state index contributed by atoms with van der Waals surface area (Å²) in [5, 5.41) is 11.4. The highest BCUT2D eigenvalue weighted by atomic mass is 16.5. The quantitative estimate of drug-likeness (QED) is 0.791. The summed E-state index contributed by atoms with van der Waals surface area (Å²) < 4.78 is 5.18. The van der Waals surface area contributed by atoms with Gasteiger partial charge >= 0.3 is 0 Å². The molecule has 2 rings (SSSR count). The summed E-state index contributed by atoms with van der Waals surface area (Å²) in [5.41, 5.74) is 1.48. The van der Waals surface area contributed by atoms with Crippen molar-refractivity contribution in [2.75, 3.05) is 7.11 Å². The molecule has 17 heavy (non-hydrogen) atoms. The summed E-state index contributed by atoms with van der Waals surface area (Å²) in [4.78, 5) is 11.9. The van der Waals surface area contributed by atoms with Crippen molar-refractivity contribution in [1.82, 2.24) is 0 Å². The Morgan fingerprint density at radius 3 is 2.53 bits per heavy atom. The number of benzene rings is 1. The molecule has 0 unspecified atom stereocenters. The van der Waals surface area contributed by atoms with Gasteiger partial charge in [0.25, 0.3) is 0 Å². The molecule has 3 heteroatoms. The number of hydrogen-bond acceptors (Lipinski definition) is 3. The molecule has 0 radical (unpaired) electrons. The number of aliphatic hydroxyl groups excluding tert-OH is 1. The molecule has 1 aromatic rings. The molecule has 1 N–H and O–H groups in total. The first-order chi connectivity index (χ1) is 8.06. The van der Waals surface area contributed by atoms with Crippen LogP contribution in [0.15, 0.2) is 24.3 Å². The summed E-state index contributed by atoms with van der Waals surface area (Å²) >= 11 is 0. The number of rotatable bonds is 1. The lowest BCUT2D eigenvalue weighted by atomic mass is 9.97. The first-order valence-electron chi connectivity index (χ1n) is 5.36. The SMILES string of the molecule is COc1ccc(=C(C)C)c2c1C(=O)C=CC=2O. The molecule has 1 aliphatic rings. The van der Waals surface area contributed by atoms with Crippen LogP contribution in [0.1, 0.15) is 24.2 Å². The van der Waals surface area contributed by atoms with E-state index in [4.69, 9.17) is 4.74 Å². The molecule has 0 spiro atoms. The summed E-state index contributed by atoms with van der Waals surface area (Å²) in [6, 6.07) is 3.61. The van der Waals surface area contributed by atoms with Gasteiger partial charge in [-0.2, -0.15) is 0 Å². The molecule has 0 amide bonds. The number of aliphatic hydroxyl groups is 1. The van der Waals surface area contributed by atoms with E-state index in [-0.39, 0.29) is 11.5 Å². The van der Waals surface area contributed by atoms with Crippen LogP contribution in [0.5, 0.6) is 5.75 Å². The summed E-state index contributed by atoms with van der Waals surface area (Å²) in [6.07, 6.45) is 2.78. The highest BCUT2D eigenvalue weighted by molar-refractivity contribution is 6.09. The minimum absolute atomic E-state index is 0.106. The van der Waals surface area contributed by atoms with Gasteiger partial charge < -0.3 is 9.84 Å². The Kier molecular flexibility index (Phi) is 2.76. The van der Waals surface area contributed by atoms with Crippen molar-refractivity contribution < 1.29 is 14.6 Å². The minimum Gasteiger partial charge on any atom is -0.507 e. The Hall–Kier alpha value is -2.03. The van der Waals surface area contributed by atoms with Gasteiger partial charge in [-0.15, -0.1) is 0 Å². The molecule has 0 heterocycles. The maximum atomic E-state index is 11.9. The molecular formula is C14H14O3. The summed E-state index contributed by atoms with van der Waals surface area (Å²) in [6.45, 7) is 3.89. The second kappa shape index (κ2) is 4.09. The van der Waals surface area contributed by atoms with E-state index in [9.17, 15) is 9.90 Å². The first kappa shape index (κ1) is 11.5. The average molecular weight is 230 g/mol. The highest BCUT2D eigenvalue weighted by Crippen LogP contribution is 2.16. The Bertz CT molecular complexity index is 632. The molecule has 0 bridgehead atoms. The molecule has 88 valence electrons. The van der Waals surface area contributed by atoms with Crippen molar-refractivity contribution in [3.8, 4) is 5.75 Å². The molecule has 0 saturated heterocycles. The highest BCUT2D eigenvalue weighted by Gasteiger charge is 2.18. The molecular weight excluding hydrogens is 216 g/mol. The van der Waals surface area contributed by atoms with E-state index >= 15 is 0 Å². The first-order valence-corrected chi connectivity index (χ1v) is 5.36. The molecule has 0 aromatic heterocycles. The van der Waals surface area contributed by atoms with Crippen LogP contribution < -0.4 is 15.2 Å². The number of hydrogen-bond donors (Lipinski definition) is 1. The van der Waals surface area contributed by atoms with E-state index in [1.807, 2.05) is 19.9 Å². The van der Waals surface area contributed by atoms with Crippen molar-refractivity contribution >= 4 is 17.1 Å². The van der Waals surface area contributed by atoms with Crippen molar-refractivity contribution in [3.05, 3.63) is 40.3 Å². The van der Waals surface area contributed by atoms with Gasteiger partial charge in [-0.25, -0.2) is 0 Å². The average Bonchev–Trinajstić information content (AvgIpc) is 2.32. The van der Waals surface area contributed by atoms with E-state index in [0.717, 1.165) is 10.8 Å². The number of methoxy groups -OCH3 is 1. The molecule has 1 aromatic carbocycles. The fraction of sp³-hybridized carbons (Fsp3) is 0.214. The van der Waals surface area contributed by atoms with Crippen molar-refractivity contribution in [3.63, 3.8) is 0 Å². The largest absolute Gasteiger partial charge is 0.507 e. The summed E-state index contributed by atoms with van der Waals surface area (Å²) in [7, 11) is 1.51. The number of ether oxygens (including phenoxy) is 1. The Morgan fingerprint density at radius 1 is 1.24 bits per heavy atom. The van der Waals surface area contributed by atoms with E-state index < -0.39 is 0 Å². The van der Waals surface area contributed by atoms with Crippen molar-refractivity contribution in [2.24, 2.45) is 0 Å². The van der Waals surface area contributed by atoms with Gasteiger partial charge in [0.1, 0.15) is 11.5 Å². The summed E-state index contributed by atoms with van der Waals surface area (Å²) in [5.74, 6) is 0.457. The van der Waals surface area contributed by atoms with Crippen LogP contribution in [0.25, 0.3) is 11.3 Å². The van der Waals surface area contributed by atoms with Crippen LogP contribution in [-0.4, -0.2) is 18.0 Å². The monoisotopic (exact) mass is 230 g/mol. The lowest BCUT2D eigenvalue weighted by Gasteiger charge is -2.11. The van der Waals surface area contributed by atoms with Gasteiger partial charge in [0.2, 0.25) is 0 Å². The van der Waals surface area contributed by atoms with Gasteiger partial charge in [0.05, 0.1) is 12.7 Å². The Morgan fingerprint density at radius 2 is 1.94 bits per heavy atom. The van der Waals surface area contributed by atoms with Gasteiger partial charge in [0, 0.05) is 5.22 Å². The Balaban J connectivity index is 3.07. The third-order valence-electron chi connectivity index (χ3n) is 2.82. The fourth-order valence-electron chi connectivity index (χ4n) is 2.00. The van der Waals surface area contributed by atoms with Gasteiger partial charge in [0.15, 0.2) is 5.78 Å². The van der Waals surface area contributed by atoms with E-state index in [2.05, 4.69) is 0 Å². The zero-order valence-electron chi connectivity index (χ0n) is 10.1. The van der Waals surface area contributed by atoms with Crippen LogP contribution in [0.3, 0.4) is 0 Å². The maximum Gasteiger partial charge on any atom is 0.190 e. The molecule has 1 aliphatic carbocycles. The molecule has 0 fully saturated rings. The van der Waals surface area contributed by atoms with Gasteiger partial charge in [-0.1, -0.05) is 11.6 Å². The number of fused-ring (bicyclic) bond motifs is 1. The van der Waals surface area contributed by atoms with E-state index in [0.29, 0.717) is 16.5 Å².